The first-order valence-corrected chi connectivity index (χ1v) is 12.0. The Hall–Kier alpha value is -0.460. The quantitative estimate of drug-likeness (QED) is 0.227. The van der Waals surface area contributed by atoms with E-state index in [1.165, 1.54) is 77.0 Å². The van der Waals surface area contributed by atoms with E-state index in [0.29, 0.717) is 6.61 Å². The molecule has 4 atom stereocenters. The molecule has 1 fully saturated rings. The van der Waals surface area contributed by atoms with Gasteiger partial charge in [0.25, 0.3) is 0 Å². The molecule has 172 valence electrons. The summed E-state index contributed by atoms with van der Waals surface area (Å²) in [5.41, 5.74) is 0. The lowest BCUT2D eigenvalue weighted by Gasteiger charge is -2.37. The van der Waals surface area contributed by atoms with Crippen LogP contribution in [0.25, 0.3) is 0 Å². The molecule has 0 bridgehead atoms. The molecule has 0 unspecified atom stereocenters. The van der Waals surface area contributed by atoms with Crippen molar-refractivity contribution in [3.63, 3.8) is 0 Å². The van der Waals surface area contributed by atoms with Crippen molar-refractivity contribution in [1.82, 2.24) is 0 Å². The van der Waals surface area contributed by atoms with Crippen LogP contribution in [0.2, 0.25) is 0 Å². The predicted molar refractivity (Wildman–Crippen MR) is 118 cm³/mol. The summed E-state index contributed by atoms with van der Waals surface area (Å²) in [6.45, 7) is 2.47. The van der Waals surface area contributed by atoms with Crippen LogP contribution in [0, 0.1) is 0 Å². The lowest BCUT2D eigenvalue weighted by atomic mass is 10.0. The van der Waals surface area contributed by atoms with Crippen LogP contribution >= 0.6 is 0 Å². The third-order valence-corrected chi connectivity index (χ3v) is 5.82. The highest BCUT2D eigenvalue weighted by Gasteiger charge is 2.38. The highest BCUT2D eigenvalue weighted by atomic mass is 16.6. The topological polar surface area (TPSA) is 79.2 Å². The van der Waals surface area contributed by atoms with Gasteiger partial charge in [0.2, 0.25) is 0 Å². The lowest BCUT2D eigenvalue weighted by molar-refractivity contribution is -0.210. The van der Waals surface area contributed by atoms with Crippen LogP contribution in [-0.4, -0.2) is 59.6 Å². The van der Waals surface area contributed by atoms with Crippen LogP contribution in [-0.2, 0) is 9.47 Å². The fourth-order valence-corrected chi connectivity index (χ4v) is 3.92. The maximum absolute atomic E-state index is 10.1. The molecule has 0 aromatic carbocycles. The molecule has 3 N–H and O–H groups in total. The van der Waals surface area contributed by atoms with Crippen molar-refractivity contribution in [2.24, 2.45) is 0 Å². The van der Waals surface area contributed by atoms with E-state index >= 15 is 0 Å². The summed E-state index contributed by atoms with van der Waals surface area (Å²) >= 11 is 0. The Kier molecular flexibility index (Phi) is 16.8. The fraction of sp³-hybridized carbons (Fsp3) is 0.917. The zero-order valence-electron chi connectivity index (χ0n) is 18.6. The number of rotatable bonds is 18. The molecule has 29 heavy (non-hydrogen) atoms. The van der Waals surface area contributed by atoms with Gasteiger partial charge < -0.3 is 24.8 Å². The first-order chi connectivity index (χ1) is 14.2. The molecule has 0 aromatic heterocycles. The number of hydrogen-bond acceptors (Lipinski definition) is 5. The Balaban J connectivity index is 1.83. The van der Waals surface area contributed by atoms with Crippen LogP contribution in [0.4, 0.5) is 0 Å². The zero-order chi connectivity index (χ0) is 21.2. The van der Waals surface area contributed by atoms with Crippen molar-refractivity contribution >= 4 is 0 Å². The summed E-state index contributed by atoms with van der Waals surface area (Å²) < 4.78 is 10.9. The van der Waals surface area contributed by atoms with Gasteiger partial charge in [-0.1, -0.05) is 82.8 Å². The first-order valence-electron chi connectivity index (χ1n) is 12.0. The van der Waals surface area contributed by atoms with E-state index < -0.39 is 24.4 Å². The minimum absolute atomic E-state index is 0.101. The Labute approximate surface area is 178 Å². The van der Waals surface area contributed by atoms with Crippen molar-refractivity contribution in [1.29, 1.82) is 0 Å². The number of hydrogen-bond donors (Lipinski definition) is 3. The summed E-state index contributed by atoms with van der Waals surface area (Å²) in [6, 6.07) is 0. The summed E-state index contributed by atoms with van der Waals surface area (Å²) in [5, 5.41) is 29.1. The summed E-state index contributed by atoms with van der Waals surface area (Å²) in [6.07, 6.45) is 19.4. The molecule has 1 aliphatic rings. The van der Waals surface area contributed by atoms with Gasteiger partial charge in [-0.2, -0.15) is 0 Å². The van der Waals surface area contributed by atoms with Gasteiger partial charge in [-0.15, -0.1) is 0 Å². The van der Waals surface area contributed by atoms with E-state index in [-0.39, 0.29) is 13.2 Å². The molecule has 0 amide bonds. The van der Waals surface area contributed by atoms with Gasteiger partial charge >= 0.3 is 0 Å². The third-order valence-electron chi connectivity index (χ3n) is 5.82. The highest BCUT2D eigenvalue weighted by molar-refractivity contribution is 4.87. The molecule has 5 heteroatoms. The average molecular weight is 415 g/mol. The van der Waals surface area contributed by atoms with E-state index in [1.807, 2.05) is 0 Å². The third kappa shape index (κ3) is 12.7. The standard InChI is InChI=1S/C24H46O5/c1-2-3-4-5-6-7-8-9-10-11-12-13-14-15-16-17-18-28-24-21(26)20-29-22(19-25)23(24)27/h2-3,21-27H,4-20H2,1H3/b3-2+/t21-,22+,23+,24+/m0/s1. The van der Waals surface area contributed by atoms with Crippen LogP contribution < -0.4 is 0 Å². The Morgan fingerprint density at radius 1 is 0.828 bits per heavy atom. The lowest BCUT2D eigenvalue weighted by Crippen LogP contribution is -2.55. The molecule has 0 aliphatic carbocycles. The van der Waals surface area contributed by atoms with Gasteiger partial charge in [-0.05, 0) is 26.2 Å². The largest absolute Gasteiger partial charge is 0.394 e. The second-order valence-corrected chi connectivity index (χ2v) is 8.40. The Bertz CT molecular complexity index is 387. The molecule has 1 saturated heterocycles. The van der Waals surface area contributed by atoms with Crippen molar-refractivity contribution in [3.8, 4) is 0 Å². The van der Waals surface area contributed by atoms with Crippen LogP contribution in [0.5, 0.6) is 0 Å². The predicted octanol–water partition coefficient (Wildman–Crippen LogP) is 4.52. The molecule has 0 radical (unpaired) electrons. The fourth-order valence-electron chi connectivity index (χ4n) is 3.92. The van der Waals surface area contributed by atoms with Gasteiger partial charge in [0.15, 0.2) is 0 Å². The Morgan fingerprint density at radius 2 is 1.34 bits per heavy atom. The molecule has 1 aliphatic heterocycles. The van der Waals surface area contributed by atoms with Crippen molar-refractivity contribution in [3.05, 3.63) is 12.2 Å². The summed E-state index contributed by atoms with van der Waals surface area (Å²) in [5.74, 6) is 0. The van der Waals surface area contributed by atoms with Crippen molar-refractivity contribution in [2.45, 2.75) is 121 Å². The molecule has 5 nitrogen and oxygen atoms in total. The highest BCUT2D eigenvalue weighted by Crippen LogP contribution is 2.19. The van der Waals surface area contributed by atoms with Gasteiger partial charge in [0.05, 0.1) is 13.2 Å². The molecular formula is C24H46O5. The second-order valence-electron chi connectivity index (χ2n) is 8.40. The molecular weight excluding hydrogens is 368 g/mol. The van der Waals surface area contributed by atoms with Gasteiger partial charge in [-0.3, -0.25) is 0 Å². The van der Waals surface area contributed by atoms with Crippen molar-refractivity contribution < 1.29 is 24.8 Å². The Morgan fingerprint density at radius 3 is 1.86 bits per heavy atom. The van der Waals surface area contributed by atoms with E-state index in [9.17, 15) is 10.2 Å². The molecule has 0 saturated carbocycles. The number of unbranched alkanes of at least 4 members (excludes halogenated alkanes) is 13. The van der Waals surface area contributed by atoms with Gasteiger partial charge in [-0.25, -0.2) is 0 Å². The van der Waals surface area contributed by atoms with Crippen molar-refractivity contribution in [2.75, 3.05) is 19.8 Å². The monoisotopic (exact) mass is 414 g/mol. The normalized spacial score (nSPS) is 25.1. The SMILES string of the molecule is C/C=C/CCCCCCCCCCCCCCCO[C@H]1[C@H](O)[C@@H](CO)OC[C@@H]1O. The minimum atomic E-state index is -0.970. The zero-order valence-corrected chi connectivity index (χ0v) is 18.6. The van der Waals surface area contributed by atoms with E-state index in [2.05, 4.69) is 19.1 Å². The maximum Gasteiger partial charge on any atom is 0.114 e. The van der Waals surface area contributed by atoms with E-state index in [1.54, 1.807) is 0 Å². The molecule has 0 aromatic rings. The molecule has 0 spiro atoms. The number of allylic oxidation sites excluding steroid dienone is 2. The van der Waals surface area contributed by atoms with E-state index in [0.717, 1.165) is 12.8 Å². The summed E-state index contributed by atoms with van der Waals surface area (Å²) in [4.78, 5) is 0. The van der Waals surface area contributed by atoms with Crippen LogP contribution in [0.1, 0.15) is 96.8 Å². The first kappa shape index (κ1) is 26.6. The number of aliphatic hydroxyl groups is 3. The second kappa shape index (κ2) is 18.3. The van der Waals surface area contributed by atoms with Crippen LogP contribution in [0.3, 0.4) is 0 Å². The average Bonchev–Trinajstić information content (AvgIpc) is 2.72. The van der Waals surface area contributed by atoms with Gasteiger partial charge in [0.1, 0.15) is 24.4 Å². The maximum atomic E-state index is 10.1. The summed E-state index contributed by atoms with van der Waals surface area (Å²) in [7, 11) is 0. The van der Waals surface area contributed by atoms with Gasteiger partial charge in [0, 0.05) is 6.61 Å². The number of aliphatic hydroxyl groups excluding tert-OH is 3. The smallest absolute Gasteiger partial charge is 0.114 e. The van der Waals surface area contributed by atoms with Crippen LogP contribution in [0.15, 0.2) is 12.2 Å². The van der Waals surface area contributed by atoms with E-state index in [4.69, 9.17) is 14.6 Å². The molecule has 1 heterocycles. The minimum Gasteiger partial charge on any atom is -0.394 e. The number of ether oxygens (including phenoxy) is 2. The molecule has 1 rings (SSSR count).